The number of aliphatic imine (C=N–C) groups is 2. The zero-order chi connectivity index (χ0) is 33.9. The SMILES string of the molecule is C1=C(C2=Cc3cc4ccccc4cc3C2)CC(C2=Nc3cc4cc5c(cc4cc3C2)N=C(C2=CC=C(C3=Cc4cc6ccccc6cc4C3)C2)C5)=C1. The molecule has 6 aromatic carbocycles. The summed E-state index contributed by atoms with van der Waals surface area (Å²) >= 11 is 0. The molecule has 2 heteroatoms. The van der Waals surface area contributed by atoms with Crippen LogP contribution in [0.5, 0.6) is 0 Å². The first-order chi connectivity index (χ1) is 25.6. The molecule has 0 spiro atoms. The molecule has 244 valence electrons. The van der Waals surface area contributed by atoms with Crippen LogP contribution in [0.4, 0.5) is 11.4 Å². The van der Waals surface area contributed by atoms with Crippen molar-refractivity contribution in [3.05, 3.63) is 188 Å². The van der Waals surface area contributed by atoms with Crippen LogP contribution in [-0.4, -0.2) is 11.4 Å². The number of nitrogens with zero attached hydrogens (tertiary/aromatic N) is 2. The highest BCUT2D eigenvalue weighted by Crippen LogP contribution is 2.43. The lowest BCUT2D eigenvalue weighted by atomic mass is 9.95. The molecular weight excluding hydrogens is 629 g/mol. The number of hydrogen-bond donors (Lipinski definition) is 0. The predicted molar refractivity (Wildman–Crippen MR) is 218 cm³/mol. The van der Waals surface area contributed by atoms with Crippen molar-refractivity contribution in [2.45, 2.75) is 38.5 Å². The molecule has 6 aliphatic rings. The van der Waals surface area contributed by atoms with Crippen LogP contribution in [0, 0.1) is 0 Å². The molecule has 0 amide bonds. The Kier molecular flexibility index (Phi) is 5.88. The summed E-state index contributed by atoms with van der Waals surface area (Å²) in [5, 5.41) is 7.82. The van der Waals surface area contributed by atoms with Crippen molar-refractivity contribution in [1.82, 2.24) is 0 Å². The average Bonchev–Trinajstić information content (AvgIpc) is 4.01. The molecule has 0 saturated heterocycles. The monoisotopic (exact) mass is 662 g/mol. The summed E-state index contributed by atoms with van der Waals surface area (Å²) in [5.41, 5.74) is 21.4. The normalized spacial score (nSPS) is 18.1. The standard InChI is InChI=1S/C50H34N2/c1-2-6-30-16-40-20-37(19-39(40)15-29(30)5-1)33-9-11-35(13-33)47-27-45-23-43-26-50-46(24-44(43)25-49(45)51-47)28-48(52-50)36-12-10-34(14-36)38-21-41-17-31-7-3-4-8-32(31)18-42(41)22-38/h1-12,15-19,21,23-26H,13-14,20,22,27-28H2. The lowest BCUT2D eigenvalue weighted by Gasteiger charge is -2.07. The molecule has 2 heterocycles. The maximum absolute atomic E-state index is 5.22. The van der Waals surface area contributed by atoms with Gasteiger partial charge in [-0.1, -0.05) is 97.1 Å². The topological polar surface area (TPSA) is 24.7 Å². The van der Waals surface area contributed by atoms with Gasteiger partial charge in [0.05, 0.1) is 11.4 Å². The minimum atomic E-state index is 0.894. The molecule has 0 bridgehead atoms. The van der Waals surface area contributed by atoms with Crippen LogP contribution in [0.1, 0.15) is 46.2 Å². The van der Waals surface area contributed by atoms with E-state index < -0.39 is 0 Å². The Bertz CT molecular complexity index is 2730. The van der Waals surface area contributed by atoms with Crippen LogP contribution in [-0.2, 0) is 25.7 Å². The summed E-state index contributed by atoms with van der Waals surface area (Å²) in [6.45, 7) is 0. The average molecular weight is 663 g/mol. The van der Waals surface area contributed by atoms with Gasteiger partial charge in [-0.2, -0.15) is 0 Å². The molecule has 0 N–H and O–H groups in total. The van der Waals surface area contributed by atoms with E-state index in [4.69, 9.17) is 9.98 Å². The van der Waals surface area contributed by atoms with Gasteiger partial charge in [-0.15, -0.1) is 0 Å². The number of allylic oxidation sites excluding steroid dienone is 10. The third-order valence-corrected chi connectivity index (χ3v) is 12.2. The highest BCUT2D eigenvalue weighted by molar-refractivity contribution is 6.11. The van der Waals surface area contributed by atoms with Crippen molar-refractivity contribution >= 4 is 67.3 Å². The van der Waals surface area contributed by atoms with Crippen molar-refractivity contribution in [2.75, 3.05) is 0 Å². The minimum absolute atomic E-state index is 0.894. The Morgan fingerprint density at radius 2 is 0.731 bits per heavy atom. The van der Waals surface area contributed by atoms with Gasteiger partial charge < -0.3 is 0 Å². The fourth-order valence-corrected chi connectivity index (χ4v) is 9.38. The second-order valence-corrected chi connectivity index (χ2v) is 15.4. The smallest absolute Gasteiger partial charge is 0.0675 e. The number of hydrogen-bond acceptors (Lipinski definition) is 2. The Hall–Kier alpha value is -6.12. The van der Waals surface area contributed by atoms with Gasteiger partial charge in [0.25, 0.3) is 0 Å². The second kappa shape index (κ2) is 10.7. The summed E-state index contributed by atoms with van der Waals surface area (Å²) < 4.78 is 0. The highest BCUT2D eigenvalue weighted by atomic mass is 14.8. The number of benzene rings is 6. The first-order valence-corrected chi connectivity index (χ1v) is 18.6. The van der Waals surface area contributed by atoms with E-state index in [1.165, 1.54) is 111 Å². The Labute approximate surface area is 303 Å². The minimum Gasteiger partial charge on any atom is -0.252 e. The molecule has 0 radical (unpaired) electrons. The molecule has 52 heavy (non-hydrogen) atoms. The van der Waals surface area contributed by atoms with E-state index in [0.717, 1.165) is 49.9 Å². The zero-order valence-electron chi connectivity index (χ0n) is 28.8. The lowest BCUT2D eigenvalue weighted by molar-refractivity contribution is 1.13. The van der Waals surface area contributed by atoms with Crippen LogP contribution in [0.3, 0.4) is 0 Å². The molecule has 2 nitrogen and oxygen atoms in total. The third kappa shape index (κ3) is 4.50. The molecule has 6 aromatic rings. The van der Waals surface area contributed by atoms with E-state index in [0.29, 0.717) is 0 Å². The quantitative estimate of drug-likeness (QED) is 0.179. The lowest BCUT2D eigenvalue weighted by Crippen LogP contribution is -2.02. The number of fused-ring (bicyclic) bond motifs is 7. The Morgan fingerprint density at radius 3 is 1.19 bits per heavy atom. The van der Waals surface area contributed by atoms with E-state index in [2.05, 4.69) is 134 Å². The van der Waals surface area contributed by atoms with Crippen LogP contribution < -0.4 is 0 Å². The van der Waals surface area contributed by atoms with Gasteiger partial charge in [0, 0.05) is 24.3 Å². The highest BCUT2D eigenvalue weighted by Gasteiger charge is 2.27. The Balaban J connectivity index is 0.732. The molecule has 0 unspecified atom stereocenters. The molecule has 12 rings (SSSR count). The molecule has 0 saturated carbocycles. The van der Waals surface area contributed by atoms with Gasteiger partial charge in [-0.3, -0.25) is 9.98 Å². The van der Waals surface area contributed by atoms with Gasteiger partial charge in [0.2, 0.25) is 0 Å². The van der Waals surface area contributed by atoms with E-state index >= 15 is 0 Å². The molecule has 0 aromatic heterocycles. The van der Waals surface area contributed by atoms with E-state index in [1.807, 2.05) is 0 Å². The molecule has 2 aliphatic heterocycles. The van der Waals surface area contributed by atoms with E-state index in [-0.39, 0.29) is 0 Å². The number of rotatable bonds is 4. The third-order valence-electron chi connectivity index (χ3n) is 12.2. The largest absolute Gasteiger partial charge is 0.252 e. The summed E-state index contributed by atoms with van der Waals surface area (Å²) in [4.78, 5) is 10.4. The predicted octanol–water partition coefficient (Wildman–Crippen LogP) is 12.2. The molecule has 0 atom stereocenters. The van der Waals surface area contributed by atoms with E-state index in [9.17, 15) is 0 Å². The maximum Gasteiger partial charge on any atom is 0.0675 e. The zero-order valence-corrected chi connectivity index (χ0v) is 28.8. The maximum atomic E-state index is 5.22. The van der Waals surface area contributed by atoms with Crippen molar-refractivity contribution in [2.24, 2.45) is 9.98 Å². The van der Waals surface area contributed by atoms with Gasteiger partial charge >= 0.3 is 0 Å². The molecule has 0 fully saturated rings. The molecular formula is C50H34N2. The van der Waals surface area contributed by atoms with Crippen LogP contribution in [0.2, 0.25) is 0 Å². The van der Waals surface area contributed by atoms with Gasteiger partial charge in [-0.05, 0) is 161 Å². The van der Waals surface area contributed by atoms with Crippen molar-refractivity contribution < 1.29 is 0 Å². The van der Waals surface area contributed by atoms with Crippen molar-refractivity contribution in [1.29, 1.82) is 0 Å². The van der Waals surface area contributed by atoms with Gasteiger partial charge in [0.15, 0.2) is 0 Å². The Morgan fingerprint density at radius 1 is 0.327 bits per heavy atom. The first-order valence-electron chi connectivity index (χ1n) is 18.6. The second-order valence-electron chi connectivity index (χ2n) is 15.4. The van der Waals surface area contributed by atoms with Crippen LogP contribution in [0.25, 0.3) is 44.5 Å². The van der Waals surface area contributed by atoms with Crippen LogP contribution >= 0.6 is 0 Å². The fraction of sp³-hybridized carbons (Fsp3) is 0.120. The fourth-order valence-electron chi connectivity index (χ4n) is 9.38. The summed E-state index contributed by atoms with van der Waals surface area (Å²) in [5.74, 6) is 0. The van der Waals surface area contributed by atoms with Crippen LogP contribution in [0.15, 0.2) is 165 Å². The summed E-state index contributed by atoms with van der Waals surface area (Å²) in [6.07, 6.45) is 19.8. The summed E-state index contributed by atoms with van der Waals surface area (Å²) in [7, 11) is 0. The molecule has 4 aliphatic carbocycles. The van der Waals surface area contributed by atoms with Gasteiger partial charge in [-0.25, -0.2) is 0 Å². The van der Waals surface area contributed by atoms with Crippen molar-refractivity contribution in [3.8, 4) is 0 Å². The first kappa shape index (κ1) is 28.6. The summed E-state index contributed by atoms with van der Waals surface area (Å²) in [6, 6.07) is 36.2. The van der Waals surface area contributed by atoms with E-state index in [1.54, 1.807) is 0 Å². The van der Waals surface area contributed by atoms with Crippen molar-refractivity contribution in [3.63, 3.8) is 0 Å². The van der Waals surface area contributed by atoms with Gasteiger partial charge in [0.1, 0.15) is 0 Å².